The van der Waals surface area contributed by atoms with Crippen molar-refractivity contribution in [3.63, 3.8) is 0 Å². The second-order valence-corrected chi connectivity index (χ2v) is 9.53. The molecule has 1 aromatic rings. The SMILES string of the molecule is CCCCCCCCCCCCCCCOC(=O)c1ccccc1C(=O)OC(CCC)CCC. The van der Waals surface area contributed by atoms with Gasteiger partial charge in [-0.1, -0.05) is 123 Å². The normalized spacial score (nSPS) is 11.1. The Kier molecular flexibility index (Phi) is 18.2. The summed E-state index contributed by atoms with van der Waals surface area (Å²) >= 11 is 0. The molecule has 1 rings (SSSR count). The highest BCUT2D eigenvalue weighted by Crippen LogP contribution is 2.17. The van der Waals surface area contributed by atoms with Crippen LogP contribution in [-0.2, 0) is 9.47 Å². The van der Waals surface area contributed by atoms with Gasteiger partial charge in [0.2, 0.25) is 0 Å². The van der Waals surface area contributed by atoms with Crippen molar-refractivity contribution in [2.45, 2.75) is 136 Å². The molecular formula is C30H50O4. The van der Waals surface area contributed by atoms with Crippen LogP contribution in [-0.4, -0.2) is 24.6 Å². The van der Waals surface area contributed by atoms with Crippen molar-refractivity contribution < 1.29 is 19.1 Å². The van der Waals surface area contributed by atoms with Crippen LogP contribution in [0, 0.1) is 0 Å². The number of hydrogen-bond donors (Lipinski definition) is 0. The molecule has 34 heavy (non-hydrogen) atoms. The quantitative estimate of drug-likeness (QED) is 0.132. The minimum absolute atomic E-state index is 0.0997. The Morgan fingerprint density at radius 1 is 0.618 bits per heavy atom. The van der Waals surface area contributed by atoms with Crippen LogP contribution >= 0.6 is 0 Å². The summed E-state index contributed by atoms with van der Waals surface area (Å²) in [6.45, 7) is 6.82. The molecule has 0 bridgehead atoms. The van der Waals surface area contributed by atoms with Crippen LogP contribution in [0.3, 0.4) is 0 Å². The van der Waals surface area contributed by atoms with Gasteiger partial charge in [0.05, 0.1) is 17.7 Å². The van der Waals surface area contributed by atoms with E-state index in [1.165, 1.54) is 70.6 Å². The van der Waals surface area contributed by atoms with Crippen LogP contribution in [0.1, 0.15) is 151 Å². The summed E-state index contributed by atoms with van der Waals surface area (Å²) in [5.41, 5.74) is 0.601. The minimum Gasteiger partial charge on any atom is -0.462 e. The van der Waals surface area contributed by atoms with E-state index in [9.17, 15) is 9.59 Å². The summed E-state index contributed by atoms with van der Waals surface area (Å²) in [4.78, 5) is 25.3. The molecule has 0 aromatic heterocycles. The van der Waals surface area contributed by atoms with Crippen molar-refractivity contribution in [1.29, 1.82) is 0 Å². The fourth-order valence-electron chi connectivity index (χ4n) is 4.32. The van der Waals surface area contributed by atoms with Gasteiger partial charge < -0.3 is 9.47 Å². The van der Waals surface area contributed by atoms with Crippen LogP contribution in [0.5, 0.6) is 0 Å². The Bertz CT molecular complexity index is 649. The fraction of sp³-hybridized carbons (Fsp3) is 0.733. The largest absolute Gasteiger partial charge is 0.462 e. The zero-order chi connectivity index (χ0) is 24.9. The lowest BCUT2D eigenvalue weighted by molar-refractivity contribution is 0.0249. The predicted molar refractivity (Wildman–Crippen MR) is 141 cm³/mol. The van der Waals surface area contributed by atoms with Crippen molar-refractivity contribution in [1.82, 2.24) is 0 Å². The van der Waals surface area contributed by atoms with Crippen molar-refractivity contribution in [3.8, 4) is 0 Å². The predicted octanol–water partition coefficient (Wildman–Crippen LogP) is 9.06. The van der Waals surface area contributed by atoms with Gasteiger partial charge in [-0.05, 0) is 31.4 Å². The molecule has 0 saturated carbocycles. The zero-order valence-corrected chi connectivity index (χ0v) is 22.2. The average molecular weight is 475 g/mol. The molecule has 1 aromatic carbocycles. The first kappa shape index (κ1) is 30.2. The molecule has 0 heterocycles. The monoisotopic (exact) mass is 474 g/mol. The zero-order valence-electron chi connectivity index (χ0n) is 22.2. The molecule has 4 nitrogen and oxygen atoms in total. The number of rotatable bonds is 21. The summed E-state index contributed by atoms with van der Waals surface area (Å²) in [6, 6.07) is 6.82. The van der Waals surface area contributed by atoms with Gasteiger partial charge in [-0.25, -0.2) is 9.59 Å². The summed E-state index contributed by atoms with van der Waals surface area (Å²) in [5, 5.41) is 0. The Balaban J connectivity index is 2.23. The topological polar surface area (TPSA) is 52.6 Å². The minimum atomic E-state index is -0.436. The highest BCUT2D eigenvalue weighted by atomic mass is 16.5. The molecule has 0 aliphatic rings. The van der Waals surface area contributed by atoms with E-state index in [2.05, 4.69) is 20.8 Å². The Hall–Kier alpha value is -1.84. The molecule has 194 valence electrons. The van der Waals surface area contributed by atoms with Gasteiger partial charge >= 0.3 is 11.9 Å². The number of benzene rings is 1. The first-order valence-corrected chi connectivity index (χ1v) is 14.1. The van der Waals surface area contributed by atoms with E-state index in [1.54, 1.807) is 24.3 Å². The lowest BCUT2D eigenvalue weighted by atomic mass is 10.0. The van der Waals surface area contributed by atoms with Crippen LogP contribution in [0.4, 0.5) is 0 Å². The van der Waals surface area contributed by atoms with E-state index in [4.69, 9.17) is 9.47 Å². The Labute approximate surface area is 209 Å². The molecule has 0 saturated heterocycles. The molecule has 0 radical (unpaired) electrons. The maximum atomic E-state index is 12.7. The Morgan fingerprint density at radius 2 is 1.06 bits per heavy atom. The lowest BCUT2D eigenvalue weighted by Crippen LogP contribution is -2.20. The van der Waals surface area contributed by atoms with Crippen molar-refractivity contribution in [2.24, 2.45) is 0 Å². The highest BCUT2D eigenvalue weighted by Gasteiger charge is 2.21. The van der Waals surface area contributed by atoms with Gasteiger partial charge in [-0.2, -0.15) is 0 Å². The van der Waals surface area contributed by atoms with E-state index < -0.39 is 11.9 Å². The van der Waals surface area contributed by atoms with Gasteiger partial charge in [0.15, 0.2) is 0 Å². The number of hydrogen-bond acceptors (Lipinski definition) is 4. The number of unbranched alkanes of at least 4 members (excludes halogenated alkanes) is 12. The number of carbonyl (C=O) groups excluding carboxylic acids is 2. The molecular weight excluding hydrogens is 424 g/mol. The summed E-state index contributed by atoms with van der Waals surface area (Å²) in [7, 11) is 0. The third kappa shape index (κ3) is 13.8. The number of carbonyl (C=O) groups is 2. The lowest BCUT2D eigenvalue weighted by Gasteiger charge is -2.17. The van der Waals surface area contributed by atoms with Gasteiger partial charge in [-0.3, -0.25) is 0 Å². The van der Waals surface area contributed by atoms with E-state index in [0.29, 0.717) is 17.7 Å². The number of ether oxygens (including phenoxy) is 2. The first-order chi connectivity index (χ1) is 16.6. The van der Waals surface area contributed by atoms with Gasteiger partial charge in [-0.15, -0.1) is 0 Å². The molecule has 0 amide bonds. The van der Waals surface area contributed by atoms with Crippen molar-refractivity contribution in [3.05, 3.63) is 35.4 Å². The standard InChI is InChI=1S/C30H50O4/c1-4-7-8-9-10-11-12-13-14-15-16-17-20-25-33-29(31)27-23-18-19-24-28(27)30(32)34-26(21-5-2)22-6-3/h18-19,23-24,26H,4-17,20-22,25H2,1-3H3. The second kappa shape index (κ2) is 20.5. The van der Waals surface area contributed by atoms with Crippen molar-refractivity contribution in [2.75, 3.05) is 6.61 Å². The number of esters is 2. The Morgan fingerprint density at radius 3 is 1.53 bits per heavy atom. The summed E-state index contributed by atoms with van der Waals surface area (Å²) < 4.78 is 11.2. The molecule has 0 atom stereocenters. The van der Waals surface area contributed by atoms with E-state index in [-0.39, 0.29) is 6.10 Å². The van der Waals surface area contributed by atoms with Gasteiger partial charge in [0.1, 0.15) is 6.10 Å². The third-order valence-electron chi connectivity index (χ3n) is 6.34. The molecule has 0 fully saturated rings. The smallest absolute Gasteiger partial charge is 0.339 e. The summed E-state index contributed by atoms with van der Waals surface area (Å²) in [6.07, 6.45) is 20.2. The third-order valence-corrected chi connectivity index (χ3v) is 6.34. The molecule has 0 N–H and O–H groups in total. The van der Waals surface area contributed by atoms with Crippen LogP contribution < -0.4 is 0 Å². The molecule has 0 unspecified atom stereocenters. The van der Waals surface area contributed by atoms with Gasteiger partial charge in [0.25, 0.3) is 0 Å². The van der Waals surface area contributed by atoms with E-state index in [1.807, 2.05) is 0 Å². The maximum absolute atomic E-state index is 12.7. The molecule has 0 aliphatic heterocycles. The van der Waals surface area contributed by atoms with Crippen LogP contribution in [0.2, 0.25) is 0 Å². The highest BCUT2D eigenvalue weighted by molar-refractivity contribution is 6.03. The summed E-state index contributed by atoms with van der Waals surface area (Å²) in [5.74, 6) is -0.866. The molecule has 0 spiro atoms. The van der Waals surface area contributed by atoms with Crippen LogP contribution in [0.25, 0.3) is 0 Å². The van der Waals surface area contributed by atoms with E-state index >= 15 is 0 Å². The van der Waals surface area contributed by atoms with Crippen LogP contribution in [0.15, 0.2) is 24.3 Å². The maximum Gasteiger partial charge on any atom is 0.339 e. The fourth-order valence-corrected chi connectivity index (χ4v) is 4.32. The van der Waals surface area contributed by atoms with Gasteiger partial charge in [0, 0.05) is 0 Å². The molecule has 4 heteroatoms. The second-order valence-electron chi connectivity index (χ2n) is 9.53. The first-order valence-electron chi connectivity index (χ1n) is 14.1. The van der Waals surface area contributed by atoms with Crippen molar-refractivity contribution >= 4 is 11.9 Å². The molecule has 0 aliphatic carbocycles. The average Bonchev–Trinajstić information content (AvgIpc) is 2.84. The van der Waals surface area contributed by atoms with E-state index in [0.717, 1.165) is 38.5 Å².